The van der Waals surface area contributed by atoms with Crippen LogP contribution in [0.5, 0.6) is 0 Å². The minimum absolute atomic E-state index is 0.00298. The van der Waals surface area contributed by atoms with Crippen LogP contribution < -0.4 is 0 Å². The molecule has 8 heteroatoms. The highest BCUT2D eigenvalue weighted by Gasteiger charge is 2.49. The Bertz CT molecular complexity index is 974. The topological polar surface area (TPSA) is 127 Å². The second kappa shape index (κ2) is 18.6. The number of hydrogen-bond donors (Lipinski definition) is 2. The average Bonchev–Trinajstić information content (AvgIpc) is 2.95. The molecule has 272 valence electrons. The van der Waals surface area contributed by atoms with Crippen LogP contribution in [0.15, 0.2) is 0 Å². The smallest absolute Gasteiger partial charge is 0.310 e. The zero-order valence-corrected chi connectivity index (χ0v) is 31.3. The molecule has 3 fully saturated rings. The van der Waals surface area contributed by atoms with E-state index in [4.69, 9.17) is 14.6 Å². The number of carbonyl (C=O) groups is 4. The molecule has 0 spiro atoms. The number of rotatable bonds is 12. The van der Waals surface area contributed by atoms with Crippen molar-refractivity contribution in [2.45, 2.75) is 158 Å². The molecule has 0 bridgehead atoms. The Balaban J connectivity index is 0.000000353. The standard InChI is InChI=1S/C24H42O4.C15H26O4/c1-15(2)19-9-7-17(5)13-21(19)27-23(25)11-12-24(26)28-22-14-18(6)8-10-20(22)16(3)4;1-9(2)11-6-5-10(3)7-12(11)15(4,14(18)19)8-13(16)17/h15-22H,7-14H2,1-6H3;9-12H,5-8H2,1-4H3,(H,16,17)(H,18,19). The SMILES string of the molecule is CC1CCC(C(C)C)C(C(C)(CC(=O)O)C(=O)O)C1.CC1CCC(C(C)C)C(OC(=O)CCC(=O)OC2CC(C)CCC2C(C)C)C1. The first-order valence-electron chi connectivity index (χ1n) is 18.7. The molecule has 0 amide bonds. The molecule has 0 aromatic heterocycles. The second-order valence-electron chi connectivity index (χ2n) is 16.9. The maximum Gasteiger partial charge on any atom is 0.310 e. The van der Waals surface area contributed by atoms with Crippen molar-refractivity contribution in [1.82, 2.24) is 0 Å². The highest BCUT2D eigenvalue weighted by atomic mass is 16.6. The van der Waals surface area contributed by atoms with Crippen LogP contribution in [0.3, 0.4) is 0 Å². The Morgan fingerprint density at radius 2 is 0.979 bits per heavy atom. The molecule has 3 aliphatic rings. The van der Waals surface area contributed by atoms with Gasteiger partial charge in [-0.05, 0) is 105 Å². The first-order valence-corrected chi connectivity index (χ1v) is 18.7. The van der Waals surface area contributed by atoms with Crippen molar-refractivity contribution >= 4 is 23.9 Å². The van der Waals surface area contributed by atoms with Crippen LogP contribution >= 0.6 is 0 Å². The molecule has 3 aliphatic carbocycles. The predicted octanol–water partition coefficient (Wildman–Crippen LogP) is 9.04. The van der Waals surface area contributed by atoms with Crippen LogP contribution in [0.2, 0.25) is 0 Å². The summed E-state index contributed by atoms with van der Waals surface area (Å²) in [4.78, 5) is 47.5. The van der Waals surface area contributed by atoms with Crippen molar-refractivity contribution in [3.05, 3.63) is 0 Å². The largest absolute Gasteiger partial charge is 0.481 e. The monoisotopic (exact) mass is 664 g/mol. The van der Waals surface area contributed by atoms with E-state index < -0.39 is 17.4 Å². The van der Waals surface area contributed by atoms with Gasteiger partial charge in [0.05, 0.1) is 24.7 Å². The quantitative estimate of drug-likeness (QED) is 0.198. The number of ether oxygens (including phenoxy) is 2. The molecular weight excluding hydrogens is 596 g/mol. The van der Waals surface area contributed by atoms with Crippen LogP contribution in [0.4, 0.5) is 0 Å². The number of carbonyl (C=O) groups excluding carboxylic acids is 2. The molecule has 0 heterocycles. The molecule has 0 saturated heterocycles. The lowest BCUT2D eigenvalue weighted by molar-refractivity contribution is -0.163. The summed E-state index contributed by atoms with van der Waals surface area (Å²) in [5, 5.41) is 18.6. The predicted molar refractivity (Wildman–Crippen MR) is 185 cm³/mol. The summed E-state index contributed by atoms with van der Waals surface area (Å²) < 4.78 is 11.6. The van der Waals surface area contributed by atoms with Crippen molar-refractivity contribution < 1.29 is 38.9 Å². The maximum atomic E-state index is 12.4. The lowest BCUT2D eigenvalue weighted by Gasteiger charge is -2.45. The van der Waals surface area contributed by atoms with E-state index in [1.165, 1.54) is 12.8 Å². The minimum Gasteiger partial charge on any atom is -0.481 e. The van der Waals surface area contributed by atoms with E-state index in [9.17, 15) is 24.3 Å². The maximum absolute atomic E-state index is 12.4. The van der Waals surface area contributed by atoms with Gasteiger partial charge >= 0.3 is 23.9 Å². The number of carboxylic acids is 2. The van der Waals surface area contributed by atoms with E-state index in [1.54, 1.807) is 6.92 Å². The zero-order chi connectivity index (χ0) is 35.6. The summed E-state index contributed by atoms with van der Waals surface area (Å²) in [5.74, 6) is 1.71. The van der Waals surface area contributed by atoms with Crippen molar-refractivity contribution in [2.24, 2.45) is 64.6 Å². The number of carboxylic acid groups (broad SMARTS) is 2. The van der Waals surface area contributed by atoms with Crippen LogP contribution in [-0.2, 0) is 28.7 Å². The molecule has 2 N–H and O–H groups in total. The fraction of sp³-hybridized carbons (Fsp3) is 0.897. The Hall–Kier alpha value is -2.12. The molecule has 47 heavy (non-hydrogen) atoms. The average molecular weight is 665 g/mol. The molecule has 3 saturated carbocycles. The van der Waals surface area contributed by atoms with Gasteiger partial charge in [0.15, 0.2) is 0 Å². The zero-order valence-electron chi connectivity index (χ0n) is 31.3. The Labute approximate surface area is 285 Å². The number of esters is 2. The van der Waals surface area contributed by atoms with Crippen LogP contribution in [0.25, 0.3) is 0 Å². The molecule has 0 aliphatic heterocycles. The fourth-order valence-corrected chi connectivity index (χ4v) is 8.77. The van der Waals surface area contributed by atoms with Gasteiger partial charge in [0.25, 0.3) is 0 Å². The van der Waals surface area contributed by atoms with Crippen LogP contribution in [0, 0.1) is 64.6 Å². The van der Waals surface area contributed by atoms with Crippen molar-refractivity contribution in [3.8, 4) is 0 Å². The van der Waals surface area contributed by atoms with Gasteiger partial charge in [-0.1, -0.05) is 81.6 Å². The molecule has 10 atom stereocenters. The molecule has 0 radical (unpaired) electrons. The van der Waals surface area contributed by atoms with Gasteiger partial charge in [-0.25, -0.2) is 0 Å². The molecular formula is C39H68O8. The molecule has 10 unspecified atom stereocenters. The van der Waals surface area contributed by atoms with Crippen LogP contribution in [0.1, 0.15) is 146 Å². The summed E-state index contributed by atoms with van der Waals surface area (Å²) >= 11 is 0. The molecule has 0 aromatic carbocycles. The van der Waals surface area contributed by atoms with Gasteiger partial charge in [-0.2, -0.15) is 0 Å². The van der Waals surface area contributed by atoms with Gasteiger partial charge in [0.2, 0.25) is 0 Å². The first kappa shape index (κ1) is 41.1. The highest BCUT2D eigenvalue weighted by molar-refractivity contribution is 5.81. The summed E-state index contributed by atoms with van der Waals surface area (Å²) in [7, 11) is 0. The lowest BCUT2D eigenvalue weighted by atomic mass is 9.59. The van der Waals surface area contributed by atoms with Gasteiger partial charge in [0, 0.05) is 0 Å². The Morgan fingerprint density at radius 3 is 1.32 bits per heavy atom. The Morgan fingerprint density at radius 1 is 0.617 bits per heavy atom. The molecule has 0 aromatic rings. The third-order valence-electron chi connectivity index (χ3n) is 11.9. The van der Waals surface area contributed by atoms with Crippen LogP contribution in [-0.4, -0.2) is 46.3 Å². The number of aliphatic carboxylic acids is 2. The van der Waals surface area contributed by atoms with E-state index in [1.807, 2.05) is 0 Å². The van der Waals surface area contributed by atoms with E-state index >= 15 is 0 Å². The van der Waals surface area contributed by atoms with Gasteiger partial charge < -0.3 is 19.7 Å². The summed E-state index contributed by atoms with van der Waals surface area (Å²) in [6.45, 7) is 21.2. The molecule has 8 nitrogen and oxygen atoms in total. The summed E-state index contributed by atoms with van der Waals surface area (Å²) in [6.07, 6.45) is 9.44. The van der Waals surface area contributed by atoms with E-state index in [0.29, 0.717) is 53.3 Å². The van der Waals surface area contributed by atoms with Gasteiger partial charge in [0.1, 0.15) is 12.2 Å². The fourth-order valence-electron chi connectivity index (χ4n) is 8.77. The third kappa shape index (κ3) is 12.4. The second-order valence-corrected chi connectivity index (χ2v) is 16.9. The van der Waals surface area contributed by atoms with Crippen molar-refractivity contribution in [2.75, 3.05) is 0 Å². The van der Waals surface area contributed by atoms with Crippen molar-refractivity contribution in [1.29, 1.82) is 0 Å². The van der Waals surface area contributed by atoms with Crippen molar-refractivity contribution in [3.63, 3.8) is 0 Å². The normalized spacial score (nSPS) is 32.6. The van der Waals surface area contributed by atoms with E-state index in [0.717, 1.165) is 44.9 Å². The molecule has 3 rings (SSSR count). The first-order chi connectivity index (χ1) is 21.8. The van der Waals surface area contributed by atoms with E-state index in [-0.39, 0.29) is 49.3 Å². The Kier molecular flexibility index (Phi) is 16.2. The van der Waals surface area contributed by atoms with E-state index in [2.05, 4.69) is 62.3 Å². The summed E-state index contributed by atoms with van der Waals surface area (Å²) in [5.41, 5.74) is -1.16. The van der Waals surface area contributed by atoms with Gasteiger partial charge in [-0.15, -0.1) is 0 Å². The lowest BCUT2D eigenvalue weighted by Crippen LogP contribution is -2.45. The highest BCUT2D eigenvalue weighted by Crippen LogP contribution is 2.49. The van der Waals surface area contributed by atoms with Gasteiger partial charge in [-0.3, -0.25) is 19.2 Å². The number of hydrogen-bond acceptors (Lipinski definition) is 6. The minimum atomic E-state index is -1.16. The third-order valence-corrected chi connectivity index (χ3v) is 11.9. The summed E-state index contributed by atoms with van der Waals surface area (Å²) in [6, 6.07) is 0.